The molecule has 1 aromatic heterocycles. The number of ketones is 1. The van der Waals surface area contributed by atoms with Gasteiger partial charge in [-0.25, -0.2) is 0 Å². The number of hydrogen-bond acceptors (Lipinski definition) is 3. The molecule has 1 unspecified atom stereocenters. The van der Waals surface area contributed by atoms with E-state index in [2.05, 4.69) is 0 Å². The molecule has 0 spiro atoms. The third-order valence-electron chi connectivity index (χ3n) is 2.59. The van der Waals surface area contributed by atoms with Crippen LogP contribution in [0.25, 0.3) is 0 Å². The van der Waals surface area contributed by atoms with Gasteiger partial charge in [0.05, 0.1) is 15.8 Å². The van der Waals surface area contributed by atoms with Gasteiger partial charge in [-0.15, -0.1) is 11.3 Å². The Morgan fingerprint density at radius 1 is 1.62 bits per heavy atom. The van der Waals surface area contributed by atoms with Crippen LogP contribution < -0.4 is 0 Å². The van der Waals surface area contributed by atoms with Crippen molar-refractivity contribution in [3.8, 4) is 0 Å². The highest BCUT2D eigenvalue weighted by Gasteiger charge is 2.28. The van der Waals surface area contributed by atoms with Crippen molar-refractivity contribution >= 4 is 34.6 Å². The quantitative estimate of drug-likeness (QED) is 0.780. The second kappa shape index (κ2) is 4.55. The molecule has 86 valence electrons. The molecule has 2 rings (SSSR count). The summed E-state index contributed by atoms with van der Waals surface area (Å²) in [7, 11) is 0. The molecule has 0 aromatic carbocycles. The third-order valence-corrected chi connectivity index (χ3v) is 3.86. The van der Waals surface area contributed by atoms with Crippen LogP contribution in [-0.4, -0.2) is 29.7 Å². The fraction of sp³-hybridized carbons (Fsp3) is 0.455. The zero-order chi connectivity index (χ0) is 11.7. The second-order valence-electron chi connectivity index (χ2n) is 4.11. The number of hydrogen-bond donors (Lipinski definition) is 0. The minimum absolute atomic E-state index is 0.0284. The smallest absolute Gasteiger partial charge is 0.223 e. The first-order valence-corrected chi connectivity index (χ1v) is 6.32. The molecule has 0 saturated carbocycles. The van der Waals surface area contributed by atoms with E-state index in [0.717, 1.165) is 0 Å². The number of thiophene rings is 1. The van der Waals surface area contributed by atoms with Gasteiger partial charge < -0.3 is 4.90 Å². The molecule has 0 radical (unpaired) electrons. The Bertz CT molecular complexity index is 429. The highest BCUT2D eigenvalue weighted by molar-refractivity contribution is 7.18. The Labute approximate surface area is 103 Å². The van der Waals surface area contributed by atoms with Gasteiger partial charge in [0.1, 0.15) is 0 Å². The van der Waals surface area contributed by atoms with Crippen LogP contribution in [0, 0.1) is 5.92 Å². The lowest BCUT2D eigenvalue weighted by molar-refractivity contribution is -0.127. The molecule has 1 fully saturated rings. The van der Waals surface area contributed by atoms with Crippen molar-refractivity contribution < 1.29 is 9.59 Å². The van der Waals surface area contributed by atoms with Crippen molar-refractivity contribution in [2.75, 3.05) is 13.1 Å². The van der Waals surface area contributed by atoms with Crippen molar-refractivity contribution in [2.45, 2.75) is 13.3 Å². The van der Waals surface area contributed by atoms with Gasteiger partial charge >= 0.3 is 0 Å². The molecule has 1 aliphatic rings. The minimum Gasteiger partial charge on any atom is -0.335 e. The summed E-state index contributed by atoms with van der Waals surface area (Å²) in [5.41, 5.74) is 0. The summed E-state index contributed by atoms with van der Waals surface area (Å²) in [4.78, 5) is 25.6. The van der Waals surface area contributed by atoms with Crippen LogP contribution in [0.5, 0.6) is 0 Å². The summed E-state index contributed by atoms with van der Waals surface area (Å²) >= 11 is 7.02. The summed E-state index contributed by atoms with van der Waals surface area (Å²) in [6.07, 6.45) is 0.554. The van der Waals surface area contributed by atoms with Gasteiger partial charge in [-0.3, -0.25) is 9.59 Å². The van der Waals surface area contributed by atoms with Crippen LogP contribution in [0.4, 0.5) is 0 Å². The molecule has 3 nitrogen and oxygen atoms in total. The Morgan fingerprint density at radius 2 is 2.38 bits per heavy atom. The van der Waals surface area contributed by atoms with Crippen LogP contribution >= 0.6 is 22.9 Å². The maximum atomic E-state index is 11.8. The number of rotatable bonds is 3. The van der Waals surface area contributed by atoms with Crippen molar-refractivity contribution in [1.29, 1.82) is 0 Å². The van der Waals surface area contributed by atoms with E-state index in [0.29, 0.717) is 28.1 Å². The van der Waals surface area contributed by atoms with Gasteiger partial charge in [0.15, 0.2) is 5.78 Å². The van der Waals surface area contributed by atoms with E-state index in [1.54, 1.807) is 17.0 Å². The topological polar surface area (TPSA) is 37.4 Å². The lowest BCUT2D eigenvalue weighted by Gasteiger charge is -2.13. The SMILES string of the molecule is CC1CC(=O)N(CC(=O)c2ccc(Cl)s2)C1. The van der Waals surface area contributed by atoms with E-state index in [4.69, 9.17) is 11.6 Å². The number of nitrogens with zero attached hydrogens (tertiary/aromatic N) is 1. The molecule has 2 heterocycles. The molecule has 5 heteroatoms. The van der Waals surface area contributed by atoms with Gasteiger partial charge in [0.25, 0.3) is 0 Å². The van der Waals surface area contributed by atoms with Crippen LogP contribution in [0.15, 0.2) is 12.1 Å². The van der Waals surface area contributed by atoms with Crippen LogP contribution in [0.3, 0.4) is 0 Å². The van der Waals surface area contributed by atoms with E-state index < -0.39 is 0 Å². The highest BCUT2D eigenvalue weighted by Crippen LogP contribution is 2.23. The summed E-state index contributed by atoms with van der Waals surface area (Å²) in [5.74, 6) is 0.398. The molecule has 1 aromatic rings. The summed E-state index contributed by atoms with van der Waals surface area (Å²) < 4.78 is 0.601. The molecule has 0 N–H and O–H groups in total. The maximum Gasteiger partial charge on any atom is 0.223 e. The average Bonchev–Trinajstić information content (AvgIpc) is 2.74. The van der Waals surface area contributed by atoms with Gasteiger partial charge in [0.2, 0.25) is 5.91 Å². The zero-order valence-electron chi connectivity index (χ0n) is 8.90. The number of halogens is 1. The Hall–Kier alpha value is -0.870. The molecule has 0 aliphatic carbocycles. The number of Topliss-reactive ketones (excluding diaryl/α,β-unsaturated/α-hetero) is 1. The van der Waals surface area contributed by atoms with Crippen molar-refractivity contribution in [1.82, 2.24) is 4.90 Å². The van der Waals surface area contributed by atoms with Crippen LogP contribution in [-0.2, 0) is 4.79 Å². The number of likely N-dealkylation sites (tertiary alicyclic amines) is 1. The molecule has 1 atom stereocenters. The van der Waals surface area contributed by atoms with Gasteiger partial charge in [-0.05, 0) is 18.1 Å². The largest absolute Gasteiger partial charge is 0.335 e. The van der Waals surface area contributed by atoms with Gasteiger partial charge in [0, 0.05) is 13.0 Å². The average molecular weight is 258 g/mol. The predicted molar refractivity (Wildman–Crippen MR) is 64.0 cm³/mol. The predicted octanol–water partition coefficient (Wildman–Crippen LogP) is 2.45. The molecule has 16 heavy (non-hydrogen) atoms. The van der Waals surface area contributed by atoms with E-state index >= 15 is 0 Å². The fourth-order valence-electron chi connectivity index (χ4n) is 1.84. The first-order valence-electron chi connectivity index (χ1n) is 5.12. The molecular weight excluding hydrogens is 246 g/mol. The van der Waals surface area contributed by atoms with Crippen molar-refractivity contribution in [3.63, 3.8) is 0 Å². The van der Waals surface area contributed by atoms with Crippen molar-refractivity contribution in [2.24, 2.45) is 5.92 Å². The highest BCUT2D eigenvalue weighted by atomic mass is 35.5. The molecule has 1 aliphatic heterocycles. The van der Waals surface area contributed by atoms with E-state index in [1.165, 1.54) is 11.3 Å². The van der Waals surface area contributed by atoms with E-state index in [-0.39, 0.29) is 18.2 Å². The molecular formula is C11H12ClNO2S. The van der Waals surface area contributed by atoms with Crippen molar-refractivity contribution in [3.05, 3.63) is 21.3 Å². The van der Waals surface area contributed by atoms with Crippen LogP contribution in [0.2, 0.25) is 4.34 Å². The van der Waals surface area contributed by atoms with E-state index in [1.807, 2.05) is 6.92 Å². The van der Waals surface area contributed by atoms with Gasteiger partial charge in [-0.1, -0.05) is 18.5 Å². The lowest BCUT2D eigenvalue weighted by Crippen LogP contribution is -2.30. The molecule has 1 saturated heterocycles. The first-order chi connectivity index (χ1) is 7.56. The fourth-order valence-corrected chi connectivity index (χ4v) is 2.81. The minimum atomic E-state index is -0.0284. The summed E-state index contributed by atoms with van der Waals surface area (Å²) in [6, 6.07) is 3.41. The number of carbonyl (C=O) groups is 2. The van der Waals surface area contributed by atoms with E-state index in [9.17, 15) is 9.59 Å². The first kappa shape index (κ1) is 11.6. The monoisotopic (exact) mass is 257 g/mol. The molecule has 0 bridgehead atoms. The van der Waals surface area contributed by atoms with Crippen LogP contribution in [0.1, 0.15) is 23.0 Å². The Balaban J connectivity index is 2.00. The lowest BCUT2D eigenvalue weighted by atomic mass is 10.2. The molecule has 1 amide bonds. The Morgan fingerprint density at radius 3 is 2.88 bits per heavy atom. The summed E-state index contributed by atoms with van der Waals surface area (Å²) in [6.45, 7) is 2.88. The third kappa shape index (κ3) is 2.44. The van der Waals surface area contributed by atoms with Gasteiger partial charge in [-0.2, -0.15) is 0 Å². The number of amides is 1. The number of carbonyl (C=O) groups excluding carboxylic acids is 2. The normalized spacial score (nSPS) is 20.5. The zero-order valence-corrected chi connectivity index (χ0v) is 10.5. The second-order valence-corrected chi connectivity index (χ2v) is 5.83. The Kier molecular flexibility index (Phi) is 3.30. The summed E-state index contributed by atoms with van der Waals surface area (Å²) in [5, 5.41) is 0. The standard InChI is InChI=1S/C11H12ClNO2S/c1-7-4-11(15)13(5-7)6-8(14)9-2-3-10(12)16-9/h2-3,7H,4-6H2,1H3. The maximum absolute atomic E-state index is 11.8.